The van der Waals surface area contributed by atoms with Gasteiger partial charge in [0.1, 0.15) is 28.5 Å². The lowest BCUT2D eigenvalue weighted by Gasteiger charge is -2.28. The first kappa shape index (κ1) is 23.0. The van der Waals surface area contributed by atoms with Crippen molar-refractivity contribution in [3.63, 3.8) is 0 Å². The predicted molar refractivity (Wildman–Crippen MR) is 132 cm³/mol. The molecule has 0 spiro atoms. The number of fused-ring (bicyclic) bond motifs is 1. The van der Waals surface area contributed by atoms with Gasteiger partial charge < -0.3 is 14.7 Å². The number of amides is 1. The van der Waals surface area contributed by atoms with Crippen LogP contribution in [0.1, 0.15) is 42.6 Å². The van der Waals surface area contributed by atoms with E-state index in [9.17, 15) is 9.18 Å². The normalized spacial score (nSPS) is 13.8. The molecule has 1 aliphatic heterocycles. The number of halogens is 1. The first-order chi connectivity index (χ1) is 17.1. The third-order valence-electron chi connectivity index (χ3n) is 6.45. The van der Waals surface area contributed by atoms with Crippen molar-refractivity contribution in [1.82, 2.24) is 20.4 Å². The van der Waals surface area contributed by atoms with Gasteiger partial charge in [0, 0.05) is 38.0 Å². The number of hydrogen-bond acceptors (Lipinski definition) is 6. The fourth-order valence-corrected chi connectivity index (χ4v) is 4.45. The minimum atomic E-state index is -0.308. The maximum Gasteiger partial charge on any atom is 0.263 e. The number of carbonyl (C=O) groups is 1. The second-order valence-corrected chi connectivity index (χ2v) is 8.93. The summed E-state index contributed by atoms with van der Waals surface area (Å²) in [5.41, 5.74) is 3.98. The summed E-state index contributed by atoms with van der Waals surface area (Å²) in [6.45, 7) is 4.30. The summed E-state index contributed by atoms with van der Waals surface area (Å²) in [4.78, 5) is 24.2. The Morgan fingerprint density at radius 2 is 1.83 bits per heavy atom. The van der Waals surface area contributed by atoms with Crippen LogP contribution in [0.3, 0.4) is 0 Å². The molecule has 2 aromatic heterocycles. The molecule has 1 N–H and O–H groups in total. The van der Waals surface area contributed by atoms with Crippen molar-refractivity contribution in [2.24, 2.45) is 0 Å². The van der Waals surface area contributed by atoms with E-state index < -0.39 is 0 Å². The summed E-state index contributed by atoms with van der Waals surface area (Å²) in [6, 6.07) is 14.2. The van der Waals surface area contributed by atoms with Gasteiger partial charge >= 0.3 is 0 Å². The Kier molecular flexibility index (Phi) is 6.70. The highest BCUT2D eigenvalue weighted by Gasteiger charge is 2.24. The number of aromatic nitrogens is 3. The van der Waals surface area contributed by atoms with Crippen LogP contribution in [0.2, 0.25) is 0 Å². The zero-order valence-electron chi connectivity index (χ0n) is 19.8. The Morgan fingerprint density at radius 3 is 2.60 bits per heavy atom. The summed E-state index contributed by atoms with van der Waals surface area (Å²) < 4.78 is 19.1. The number of nitrogens with zero attached hydrogens (tertiary/aromatic N) is 4. The van der Waals surface area contributed by atoms with Crippen LogP contribution in [-0.2, 0) is 17.8 Å². The van der Waals surface area contributed by atoms with E-state index in [1.807, 2.05) is 31.2 Å². The van der Waals surface area contributed by atoms with Gasteiger partial charge in [-0.15, -0.1) is 0 Å². The summed E-state index contributed by atoms with van der Waals surface area (Å²) in [7, 11) is 0. The average molecular weight is 474 g/mol. The highest BCUT2D eigenvalue weighted by atomic mass is 19.1. The number of benzene rings is 2. The fraction of sp³-hybridized carbons (Fsp3) is 0.333. The van der Waals surface area contributed by atoms with Crippen LogP contribution < -0.4 is 10.2 Å². The molecule has 0 saturated carbocycles. The molecule has 1 amide bonds. The van der Waals surface area contributed by atoms with Gasteiger partial charge in [0.05, 0.1) is 0 Å². The molecule has 1 saturated heterocycles. The van der Waals surface area contributed by atoms with Gasteiger partial charge in [-0.1, -0.05) is 29.4 Å². The van der Waals surface area contributed by atoms with Crippen molar-refractivity contribution in [3.05, 3.63) is 71.3 Å². The molecule has 0 unspecified atom stereocenters. The van der Waals surface area contributed by atoms with Crippen LogP contribution in [0.25, 0.3) is 22.4 Å². The molecule has 0 bridgehead atoms. The molecule has 0 aliphatic carbocycles. The summed E-state index contributed by atoms with van der Waals surface area (Å²) in [5, 5.41) is 7.96. The highest BCUT2D eigenvalue weighted by molar-refractivity contribution is 5.98. The van der Waals surface area contributed by atoms with Crippen molar-refractivity contribution >= 4 is 22.8 Å². The second-order valence-electron chi connectivity index (χ2n) is 8.93. The van der Waals surface area contributed by atoms with E-state index in [0.29, 0.717) is 30.2 Å². The number of carbonyl (C=O) groups excluding carboxylic acids is 1. The maximum atomic E-state index is 13.5. The molecule has 2 aromatic carbocycles. The number of hydrogen-bond donors (Lipinski definition) is 1. The molecule has 5 rings (SSSR count). The molecule has 8 heteroatoms. The average Bonchev–Trinajstić information content (AvgIpc) is 3.31. The number of anilines is 1. The van der Waals surface area contributed by atoms with E-state index >= 15 is 0 Å². The molecular formula is C27H28FN5O2. The van der Waals surface area contributed by atoms with E-state index in [1.165, 1.54) is 18.6 Å². The van der Waals surface area contributed by atoms with Gasteiger partial charge in [-0.2, -0.15) is 4.98 Å². The molecule has 35 heavy (non-hydrogen) atoms. The van der Waals surface area contributed by atoms with E-state index in [1.54, 1.807) is 12.1 Å². The van der Waals surface area contributed by atoms with Crippen LogP contribution in [0.4, 0.5) is 10.2 Å². The van der Waals surface area contributed by atoms with Crippen molar-refractivity contribution in [2.75, 3.05) is 18.0 Å². The van der Waals surface area contributed by atoms with Gasteiger partial charge in [-0.25, -0.2) is 9.37 Å². The van der Waals surface area contributed by atoms with E-state index in [0.717, 1.165) is 53.8 Å². The molecule has 180 valence electrons. The Hall–Kier alpha value is -3.81. The molecule has 1 fully saturated rings. The van der Waals surface area contributed by atoms with Crippen molar-refractivity contribution in [2.45, 2.75) is 45.6 Å². The molecule has 7 nitrogen and oxygen atoms in total. The Morgan fingerprint density at radius 1 is 1.06 bits per heavy atom. The van der Waals surface area contributed by atoms with Gasteiger partial charge in [0.15, 0.2) is 0 Å². The number of rotatable bonds is 7. The number of nitrogens with one attached hydrogen (secondary N) is 1. The highest BCUT2D eigenvalue weighted by Crippen LogP contribution is 2.35. The molecular weight excluding hydrogens is 445 g/mol. The quantitative estimate of drug-likeness (QED) is 0.408. The predicted octanol–water partition coefficient (Wildman–Crippen LogP) is 4.97. The van der Waals surface area contributed by atoms with Crippen LogP contribution in [-0.4, -0.2) is 34.1 Å². The van der Waals surface area contributed by atoms with E-state index in [4.69, 9.17) is 9.51 Å². The summed E-state index contributed by atoms with van der Waals surface area (Å²) >= 11 is 0. The fourth-order valence-electron chi connectivity index (χ4n) is 4.45. The standard InChI is InChI=1S/C27H28FN5O2/c1-18-7-3-4-8-20(18)17-29-23(34)14-13-22-30-26(33-15-5-2-6-16-33)24-25(32-35-27(24)31-22)19-9-11-21(28)12-10-19/h3-4,7-12H,2,5-6,13-17H2,1H3,(H,29,34). The summed E-state index contributed by atoms with van der Waals surface area (Å²) in [5.74, 6) is 0.953. The lowest BCUT2D eigenvalue weighted by molar-refractivity contribution is -0.121. The van der Waals surface area contributed by atoms with Crippen LogP contribution >= 0.6 is 0 Å². The van der Waals surface area contributed by atoms with Crippen molar-refractivity contribution in [3.8, 4) is 11.3 Å². The van der Waals surface area contributed by atoms with E-state index in [2.05, 4.69) is 20.4 Å². The molecule has 4 aromatic rings. The first-order valence-electron chi connectivity index (χ1n) is 12.1. The second kappa shape index (κ2) is 10.2. The smallest absolute Gasteiger partial charge is 0.263 e. The SMILES string of the molecule is Cc1ccccc1CNC(=O)CCc1nc(N2CCCCC2)c2c(-c3ccc(F)cc3)noc2n1. The molecule has 0 atom stereocenters. The zero-order chi connectivity index (χ0) is 24.2. The maximum absolute atomic E-state index is 13.5. The minimum absolute atomic E-state index is 0.0546. The van der Waals surface area contributed by atoms with Gasteiger partial charge in [0.25, 0.3) is 5.71 Å². The van der Waals surface area contributed by atoms with E-state index in [-0.39, 0.29) is 18.1 Å². The first-order valence-corrected chi connectivity index (χ1v) is 12.1. The Bertz CT molecular complexity index is 1330. The molecule has 1 aliphatic rings. The third-order valence-corrected chi connectivity index (χ3v) is 6.45. The van der Waals surface area contributed by atoms with Crippen LogP contribution in [0.15, 0.2) is 53.1 Å². The van der Waals surface area contributed by atoms with Crippen LogP contribution in [0, 0.1) is 12.7 Å². The Labute approximate surface area is 203 Å². The van der Waals surface area contributed by atoms with Crippen LogP contribution in [0.5, 0.6) is 0 Å². The molecule has 0 radical (unpaired) electrons. The molecule has 3 heterocycles. The van der Waals surface area contributed by atoms with Crippen molar-refractivity contribution < 1.29 is 13.7 Å². The van der Waals surface area contributed by atoms with Crippen molar-refractivity contribution in [1.29, 1.82) is 0 Å². The lowest BCUT2D eigenvalue weighted by atomic mass is 10.1. The van der Waals surface area contributed by atoms with Gasteiger partial charge in [-0.3, -0.25) is 4.79 Å². The number of aryl methyl sites for hydroxylation is 2. The topological polar surface area (TPSA) is 84.2 Å². The minimum Gasteiger partial charge on any atom is -0.356 e. The largest absolute Gasteiger partial charge is 0.356 e. The third kappa shape index (κ3) is 5.16. The number of piperidine rings is 1. The van der Waals surface area contributed by atoms with Gasteiger partial charge in [-0.05, 0) is 61.6 Å². The Balaban J connectivity index is 1.38. The summed E-state index contributed by atoms with van der Waals surface area (Å²) in [6.07, 6.45) is 4.02. The van der Waals surface area contributed by atoms with Gasteiger partial charge in [0.2, 0.25) is 5.91 Å². The lowest BCUT2D eigenvalue weighted by Crippen LogP contribution is -2.30. The monoisotopic (exact) mass is 473 g/mol. The zero-order valence-corrected chi connectivity index (χ0v) is 19.8.